The van der Waals surface area contributed by atoms with Crippen LogP contribution in [-0.2, 0) is 10.0 Å². The quantitative estimate of drug-likeness (QED) is 0.243. The molecule has 0 radical (unpaired) electrons. The van der Waals surface area contributed by atoms with Gasteiger partial charge in [-0.3, -0.25) is 9.89 Å². The Kier molecular flexibility index (Phi) is 7.21. The van der Waals surface area contributed by atoms with Gasteiger partial charge in [0, 0.05) is 24.2 Å². The van der Waals surface area contributed by atoms with E-state index >= 15 is 0 Å². The first kappa shape index (κ1) is 26.6. The van der Waals surface area contributed by atoms with E-state index in [1.807, 2.05) is 60.7 Å². The Morgan fingerprint density at radius 3 is 2.24 bits per heavy atom. The number of hydrogen-bond donors (Lipinski definition) is 1. The Labute approximate surface area is 237 Å². The number of methoxy groups -OCH3 is 1. The van der Waals surface area contributed by atoms with Crippen LogP contribution in [0.25, 0.3) is 28.2 Å². The van der Waals surface area contributed by atoms with E-state index in [1.165, 1.54) is 16.4 Å². The number of sulfonamides is 1. The summed E-state index contributed by atoms with van der Waals surface area (Å²) >= 11 is 0. The second kappa shape index (κ2) is 11.1. The zero-order chi connectivity index (χ0) is 28.4. The Hall–Kier alpha value is -4.61. The molecule has 0 unspecified atom stereocenters. The minimum absolute atomic E-state index is 0.0440. The summed E-state index contributed by atoms with van der Waals surface area (Å²) in [6.07, 6.45) is 2.78. The number of piperidine rings is 1. The summed E-state index contributed by atoms with van der Waals surface area (Å²) in [5.41, 5.74) is 3.42. The second-order valence-corrected chi connectivity index (χ2v) is 11.7. The number of rotatable bonds is 7. The van der Waals surface area contributed by atoms with Crippen molar-refractivity contribution in [1.82, 2.24) is 18.9 Å². The first-order chi connectivity index (χ1) is 19.9. The lowest BCUT2D eigenvalue weighted by atomic mass is 10.1. The van der Waals surface area contributed by atoms with Gasteiger partial charge in [-0.25, -0.2) is 17.9 Å². The molecule has 3 aromatic carbocycles. The Bertz CT molecular complexity index is 1870. The number of aromatic nitrogens is 3. The van der Waals surface area contributed by atoms with Gasteiger partial charge in [0.05, 0.1) is 29.1 Å². The molecule has 1 aliphatic heterocycles. The molecule has 208 valence electrons. The molecule has 0 saturated carbocycles. The van der Waals surface area contributed by atoms with E-state index in [9.17, 15) is 13.2 Å². The largest absolute Gasteiger partial charge is 0.497 e. The normalized spacial score (nSPS) is 14.6. The second-order valence-electron chi connectivity index (χ2n) is 9.73. The molecule has 0 aliphatic carbocycles. The van der Waals surface area contributed by atoms with Crippen molar-refractivity contribution < 1.29 is 13.2 Å². The molecule has 1 aliphatic rings. The zero-order valence-corrected chi connectivity index (χ0v) is 23.2. The van der Waals surface area contributed by atoms with Crippen molar-refractivity contribution in [2.45, 2.75) is 24.2 Å². The summed E-state index contributed by atoms with van der Waals surface area (Å²) in [4.78, 5) is 18.1. The standard InChI is InChI=1S/C30H28N6O4S/c1-40-24-14-10-22(11-15-24)27-20-26(21-8-4-2-5-9-21)31-29-28(30(37)34-36(27)29)33-32-23-12-16-25(17-13-23)41(38,39)35-18-6-3-7-19-35/h2,4-5,8-17,20H,3,6-7,18-19H2,1H3,(H,34,37). The summed E-state index contributed by atoms with van der Waals surface area (Å²) in [5.74, 6) is 0.715. The van der Waals surface area contributed by atoms with E-state index in [4.69, 9.17) is 9.72 Å². The van der Waals surface area contributed by atoms with E-state index < -0.39 is 15.6 Å². The zero-order valence-electron chi connectivity index (χ0n) is 22.4. The SMILES string of the molecule is COc1ccc(-c2cc(-c3ccccc3)nc3c(N=Nc4ccc(S(=O)(=O)N5CCCCC5)cc4)c(=O)[nH]n23)cc1. The summed E-state index contributed by atoms with van der Waals surface area (Å²) in [7, 11) is -1.95. The van der Waals surface area contributed by atoms with Crippen molar-refractivity contribution in [2.24, 2.45) is 10.2 Å². The molecule has 1 fully saturated rings. The molecule has 0 spiro atoms. The molecule has 11 heteroatoms. The van der Waals surface area contributed by atoms with Crippen LogP contribution in [-0.4, -0.2) is 47.5 Å². The number of azo groups is 1. The van der Waals surface area contributed by atoms with Crippen LogP contribution in [0.15, 0.2) is 105 Å². The molecule has 1 saturated heterocycles. The molecule has 5 aromatic rings. The highest BCUT2D eigenvalue weighted by Crippen LogP contribution is 2.30. The van der Waals surface area contributed by atoms with E-state index in [0.717, 1.165) is 30.4 Å². The van der Waals surface area contributed by atoms with E-state index in [1.54, 1.807) is 23.8 Å². The highest BCUT2D eigenvalue weighted by atomic mass is 32.2. The van der Waals surface area contributed by atoms with Crippen LogP contribution in [0.2, 0.25) is 0 Å². The molecule has 0 amide bonds. The van der Waals surface area contributed by atoms with Crippen molar-refractivity contribution in [3.8, 4) is 28.3 Å². The van der Waals surface area contributed by atoms with Crippen molar-refractivity contribution in [3.63, 3.8) is 0 Å². The topological polar surface area (TPSA) is 121 Å². The molecular formula is C30H28N6O4S. The van der Waals surface area contributed by atoms with Crippen LogP contribution in [0, 0.1) is 0 Å². The fraction of sp³-hybridized carbons (Fsp3) is 0.200. The number of aromatic amines is 1. The minimum Gasteiger partial charge on any atom is -0.497 e. The lowest BCUT2D eigenvalue weighted by Gasteiger charge is -2.25. The summed E-state index contributed by atoms with van der Waals surface area (Å²) in [6, 6.07) is 25.3. The Balaban J connectivity index is 1.39. The average molecular weight is 569 g/mol. The highest BCUT2D eigenvalue weighted by Gasteiger charge is 2.25. The molecule has 3 heterocycles. The molecule has 2 aromatic heterocycles. The van der Waals surface area contributed by atoms with Gasteiger partial charge in [0.2, 0.25) is 10.0 Å². The Morgan fingerprint density at radius 2 is 1.56 bits per heavy atom. The van der Waals surface area contributed by atoms with E-state index in [0.29, 0.717) is 41.6 Å². The predicted molar refractivity (Wildman–Crippen MR) is 156 cm³/mol. The van der Waals surface area contributed by atoms with Crippen molar-refractivity contribution >= 4 is 27.0 Å². The number of ether oxygens (including phenoxy) is 1. The van der Waals surface area contributed by atoms with Crippen molar-refractivity contribution in [2.75, 3.05) is 20.2 Å². The fourth-order valence-electron chi connectivity index (χ4n) is 4.90. The molecule has 41 heavy (non-hydrogen) atoms. The molecule has 1 N–H and O–H groups in total. The Morgan fingerprint density at radius 1 is 0.854 bits per heavy atom. The van der Waals surface area contributed by atoms with Gasteiger partial charge in [-0.05, 0) is 67.4 Å². The van der Waals surface area contributed by atoms with Gasteiger partial charge in [0.15, 0.2) is 11.3 Å². The van der Waals surface area contributed by atoms with Gasteiger partial charge in [0.1, 0.15) is 5.75 Å². The van der Waals surface area contributed by atoms with Crippen LogP contribution in [0.4, 0.5) is 11.4 Å². The molecule has 0 bridgehead atoms. The van der Waals surface area contributed by atoms with Crippen LogP contribution < -0.4 is 10.3 Å². The first-order valence-corrected chi connectivity index (χ1v) is 14.8. The maximum Gasteiger partial charge on any atom is 0.294 e. The van der Waals surface area contributed by atoms with Crippen LogP contribution in [0.1, 0.15) is 19.3 Å². The predicted octanol–water partition coefficient (Wildman–Crippen LogP) is 5.96. The summed E-state index contributed by atoms with van der Waals surface area (Å²) < 4.78 is 34.4. The minimum atomic E-state index is -3.55. The maximum atomic E-state index is 13.1. The van der Waals surface area contributed by atoms with E-state index in [-0.39, 0.29) is 10.6 Å². The molecule has 10 nitrogen and oxygen atoms in total. The van der Waals surface area contributed by atoms with Gasteiger partial charge in [0.25, 0.3) is 5.56 Å². The van der Waals surface area contributed by atoms with Gasteiger partial charge >= 0.3 is 0 Å². The van der Waals surface area contributed by atoms with Gasteiger partial charge in [-0.15, -0.1) is 5.11 Å². The van der Waals surface area contributed by atoms with Gasteiger partial charge in [-0.1, -0.05) is 36.8 Å². The third-order valence-electron chi connectivity index (χ3n) is 7.10. The number of nitrogens with zero attached hydrogens (tertiary/aromatic N) is 5. The van der Waals surface area contributed by atoms with Crippen LogP contribution in [0.5, 0.6) is 5.75 Å². The number of H-pyrrole nitrogens is 1. The highest BCUT2D eigenvalue weighted by molar-refractivity contribution is 7.89. The molecular weight excluding hydrogens is 540 g/mol. The third kappa shape index (κ3) is 5.29. The number of nitrogens with one attached hydrogen (secondary N) is 1. The van der Waals surface area contributed by atoms with Crippen molar-refractivity contribution in [1.29, 1.82) is 0 Å². The van der Waals surface area contributed by atoms with Gasteiger partial charge < -0.3 is 4.74 Å². The lowest BCUT2D eigenvalue weighted by molar-refractivity contribution is 0.346. The third-order valence-corrected chi connectivity index (χ3v) is 9.02. The number of benzene rings is 3. The lowest BCUT2D eigenvalue weighted by Crippen LogP contribution is -2.35. The summed E-state index contributed by atoms with van der Waals surface area (Å²) in [5, 5.41) is 11.3. The first-order valence-electron chi connectivity index (χ1n) is 13.3. The smallest absolute Gasteiger partial charge is 0.294 e. The van der Waals surface area contributed by atoms with Crippen LogP contribution in [0.3, 0.4) is 0 Å². The van der Waals surface area contributed by atoms with Crippen molar-refractivity contribution in [3.05, 3.63) is 95.3 Å². The average Bonchev–Trinajstić information content (AvgIpc) is 3.35. The fourth-order valence-corrected chi connectivity index (χ4v) is 6.42. The van der Waals surface area contributed by atoms with Gasteiger partial charge in [-0.2, -0.15) is 9.42 Å². The molecule has 0 atom stereocenters. The van der Waals surface area contributed by atoms with Crippen LogP contribution >= 0.6 is 0 Å². The monoisotopic (exact) mass is 568 g/mol. The summed E-state index contributed by atoms with van der Waals surface area (Å²) in [6.45, 7) is 1.07. The maximum absolute atomic E-state index is 13.1. The number of fused-ring (bicyclic) bond motifs is 1. The number of hydrogen-bond acceptors (Lipinski definition) is 7. The molecule has 6 rings (SSSR count). The van der Waals surface area contributed by atoms with E-state index in [2.05, 4.69) is 15.3 Å².